The quantitative estimate of drug-likeness (QED) is 0.430. The molecule has 0 amide bonds. The number of aryl methyl sites for hydroxylation is 1. The van der Waals surface area contributed by atoms with Crippen LogP contribution < -0.4 is 9.47 Å². The van der Waals surface area contributed by atoms with E-state index in [2.05, 4.69) is 15.0 Å². The molecule has 1 saturated heterocycles. The van der Waals surface area contributed by atoms with Gasteiger partial charge >= 0.3 is 0 Å². The fourth-order valence-corrected chi connectivity index (χ4v) is 4.43. The molecule has 4 heterocycles. The van der Waals surface area contributed by atoms with Gasteiger partial charge in [-0.15, -0.1) is 0 Å². The molecule has 1 aliphatic heterocycles. The van der Waals surface area contributed by atoms with Crippen LogP contribution in [0.3, 0.4) is 0 Å². The van der Waals surface area contributed by atoms with Crippen molar-refractivity contribution in [2.75, 3.05) is 33.9 Å². The van der Waals surface area contributed by atoms with Crippen molar-refractivity contribution >= 4 is 5.65 Å². The first-order chi connectivity index (χ1) is 16.2. The summed E-state index contributed by atoms with van der Waals surface area (Å²) < 4.78 is 21.2. The number of nitrogens with zero attached hydrogens (tertiary/aromatic N) is 6. The summed E-state index contributed by atoms with van der Waals surface area (Å²) in [5, 5.41) is 9.14. The molecular formula is C24H28N6O3. The maximum atomic E-state index is 6.20. The van der Waals surface area contributed by atoms with Gasteiger partial charge in [0.05, 0.1) is 44.3 Å². The lowest BCUT2D eigenvalue weighted by atomic mass is 10.1. The van der Waals surface area contributed by atoms with E-state index in [1.54, 1.807) is 20.4 Å². The van der Waals surface area contributed by atoms with Gasteiger partial charge in [0.2, 0.25) is 0 Å². The lowest BCUT2D eigenvalue weighted by Crippen LogP contribution is -2.38. The fraction of sp³-hybridized carbons (Fsp3) is 0.375. The Kier molecular flexibility index (Phi) is 5.97. The molecule has 0 radical (unpaired) electrons. The molecule has 1 aromatic carbocycles. The minimum Gasteiger partial charge on any atom is -0.496 e. The smallest absolute Gasteiger partial charge is 0.160 e. The van der Waals surface area contributed by atoms with Crippen LogP contribution in [0.15, 0.2) is 48.9 Å². The molecule has 4 aromatic rings. The van der Waals surface area contributed by atoms with Gasteiger partial charge in [0.25, 0.3) is 0 Å². The molecule has 1 atom stereocenters. The SMILES string of the molecule is COc1cccc(OC)c1CN1CCO[C@@H](c2ccnc3c(Cn4cccn4)c(C)nn23)C1. The van der Waals surface area contributed by atoms with Gasteiger partial charge in [-0.05, 0) is 31.2 Å². The van der Waals surface area contributed by atoms with Gasteiger partial charge in [-0.2, -0.15) is 10.2 Å². The highest BCUT2D eigenvalue weighted by molar-refractivity contribution is 5.51. The monoisotopic (exact) mass is 448 g/mol. The zero-order valence-electron chi connectivity index (χ0n) is 19.1. The zero-order valence-corrected chi connectivity index (χ0v) is 19.1. The normalized spacial score (nSPS) is 16.9. The van der Waals surface area contributed by atoms with Crippen molar-refractivity contribution in [3.05, 3.63) is 71.4 Å². The van der Waals surface area contributed by atoms with E-state index in [9.17, 15) is 0 Å². The first-order valence-electron chi connectivity index (χ1n) is 11.0. The molecule has 0 saturated carbocycles. The minimum atomic E-state index is -0.123. The number of ether oxygens (including phenoxy) is 3. The first-order valence-corrected chi connectivity index (χ1v) is 11.0. The molecule has 0 aliphatic carbocycles. The molecule has 1 fully saturated rings. The van der Waals surface area contributed by atoms with E-state index in [1.807, 2.05) is 58.8 Å². The molecule has 172 valence electrons. The number of fused-ring (bicyclic) bond motifs is 1. The first kappa shape index (κ1) is 21.4. The Morgan fingerprint density at radius 1 is 1.03 bits per heavy atom. The topological polar surface area (TPSA) is 78.9 Å². The molecule has 0 spiro atoms. The summed E-state index contributed by atoms with van der Waals surface area (Å²) in [7, 11) is 3.38. The zero-order chi connectivity index (χ0) is 22.8. The Hall–Kier alpha value is -3.43. The van der Waals surface area contributed by atoms with Gasteiger partial charge in [0, 0.05) is 43.8 Å². The number of benzene rings is 1. The van der Waals surface area contributed by atoms with Crippen molar-refractivity contribution < 1.29 is 14.2 Å². The van der Waals surface area contributed by atoms with Crippen LogP contribution in [0.4, 0.5) is 0 Å². The lowest BCUT2D eigenvalue weighted by Gasteiger charge is -2.33. The Bertz CT molecular complexity index is 1210. The molecule has 1 aliphatic rings. The van der Waals surface area contributed by atoms with E-state index in [4.69, 9.17) is 19.3 Å². The van der Waals surface area contributed by atoms with Crippen LogP contribution in [0.2, 0.25) is 0 Å². The maximum Gasteiger partial charge on any atom is 0.160 e. The van der Waals surface area contributed by atoms with E-state index >= 15 is 0 Å². The summed E-state index contributed by atoms with van der Waals surface area (Å²) in [6, 6.07) is 9.79. The van der Waals surface area contributed by atoms with Gasteiger partial charge in [-0.25, -0.2) is 9.50 Å². The highest BCUT2D eigenvalue weighted by atomic mass is 16.5. The van der Waals surface area contributed by atoms with Gasteiger partial charge in [0.1, 0.15) is 17.6 Å². The van der Waals surface area contributed by atoms with Crippen LogP contribution in [0.25, 0.3) is 5.65 Å². The minimum absolute atomic E-state index is 0.123. The van der Waals surface area contributed by atoms with E-state index in [-0.39, 0.29) is 6.10 Å². The predicted molar refractivity (Wildman–Crippen MR) is 123 cm³/mol. The number of morpholine rings is 1. The van der Waals surface area contributed by atoms with Gasteiger partial charge in [-0.3, -0.25) is 9.58 Å². The third kappa shape index (κ3) is 4.17. The Labute approximate surface area is 192 Å². The molecular weight excluding hydrogens is 420 g/mol. The van der Waals surface area contributed by atoms with Gasteiger partial charge in [-0.1, -0.05) is 6.07 Å². The van der Waals surface area contributed by atoms with E-state index < -0.39 is 0 Å². The third-order valence-corrected chi connectivity index (χ3v) is 6.12. The van der Waals surface area contributed by atoms with E-state index in [1.165, 1.54) is 0 Å². The van der Waals surface area contributed by atoms with Crippen LogP contribution in [-0.4, -0.2) is 63.2 Å². The molecule has 0 bridgehead atoms. The molecule has 5 rings (SSSR count). The Balaban J connectivity index is 1.42. The van der Waals surface area contributed by atoms with Crippen molar-refractivity contribution in [3.63, 3.8) is 0 Å². The van der Waals surface area contributed by atoms with Gasteiger partial charge < -0.3 is 14.2 Å². The van der Waals surface area contributed by atoms with Crippen molar-refractivity contribution in [1.82, 2.24) is 29.3 Å². The van der Waals surface area contributed by atoms with E-state index in [0.29, 0.717) is 19.7 Å². The summed E-state index contributed by atoms with van der Waals surface area (Å²) in [4.78, 5) is 6.99. The second kappa shape index (κ2) is 9.21. The summed E-state index contributed by atoms with van der Waals surface area (Å²) in [5.74, 6) is 1.66. The Morgan fingerprint density at radius 2 is 1.85 bits per heavy atom. The summed E-state index contributed by atoms with van der Waals surface area (Å²) in [6.07, 6.45) is 5.44. The van der Waals surface area contributed by atoms with Crippen LogP contribution in [0.1, 0.15) is 28.6 Å². The number of rotatable bonds is 7. The van der Waals surface area contributed by atoms with Crippen molar-refractivity contribution in [2.45, 2.75) is 26.1 Å². The average Bonchev–Trinajstić information content (AvgIpc) is 3.47. The number of hydrogen-bond acceptors (Lipinski definition) is 7. The summed E-state index contributed by atoms with van der Waals surface area (Å²) in [6.45, 7) is 5.54. The second-order valence-corrected chi connectivity index (χ2v) is 8.11. The number of aromatic nitrogens is 5. The molecule has 9 nitrogen and oxygen atoms in total. The van der Waals surface area contributed by atoms with Crippen LogP contribution in [0.5, 0.6) is 11.5 Å². The number of methoxy groups -OCH3 is 2. The fourth-order valence-electron chi connectivity index (χ4n) is 4.43. The highest BCUT2D eigenvalue weighted by Gasteiger charge is 2.27. The molecule has 33 heavy (non-hydrogen) atoms. The van der Waals surface area contributed by atoms with Crippen molar-refractivity contribution in [1.29, 1.82) is 0 Å². The highest BCUT2D eigenvalue weighted by Crippen LogP contribution is 2.32. The molecule has 3 aromatic heterocycles. The summed E-state index contributed by atoms with van der Waals surface area (Å²) in [5.41, 5.74) is 4.88. The van der Waals surface area contributed by atoms with Crippen molar-refractivity contribution in [3.8, 4) is 11.5 Å². The van der Waals surface area contributed by atoms with Gasteiger partial charge in [0.15, 0.2) is 5.65 Å². The summed E-state index contributed by atoms with van der Waals surface area (Å²) >= 11 is 0. The van der Waals surface area contributed by atoms with E-state index in [0.717, 1.165) is 52.8 Å². The van der Waals surface area contributed by atoms with Crippen LogP contribution in [0, 0.1) is 6.92 Å². The maximum absolute atomic E-state index is 6.20. The Morgan fingerprint density at radius 3 is 2.58 bits per heavy atom. The molecule has 0 unspecified atom stereocenters. The largest absolute Gasteiger partial charge is 0.496 e. The third-order valence-electron chi connectivity index (χ3n) is 6.12. The standard InChI is InChI=1S/C24H28N6O3/c1-17-18(15-29-11-5-9-26-29)24-25-10-8-20(30(24)27-17)23-16-28(12-13-33-23)14-19-21(31-2)6-4-7-22(19)32-3/h4-11,23H,12-16H2,1-3H3/t23-/m1/s1. The molecule has 9 heteroatoms. The van der Waals surface area contributed by atoms with Crippen LogP contribution >= 0.6 is 0 Å². The van der Waals surface area contributed by atoms with Crippen LogP contribution in [-0.2, 0) is 17.8 Å². The van der Waals surface area contributed by atoms with Crippen molar-refractivity contribution in [2.24, 2.45) is 0 Å². The lowest BCUT2D eigenvalue weighted by molar-refractivity contribution is -0.0363. The molecule has 0 N–H and O–H groups in total. The predicted octanol–water partition coefficient (Wildman–Crippen LogP) is 2.87. The second-order valence-electron chi connectivity index (χ2n) is 8.11. The average molecular weight is 449 g/mol. The number of hydrogen-bond donors (Lipinski definition) is 0.